The van der Waals surface area contributed by atoms with Gasteiger partial charge in [-0.1, -0.05) is 30.3 Å². The fourth-order valence-corrected chi connectivity index (χ4v) is 6.20. The molecule has 12 nitrogen and oxygen atoms in total. The van der Waals surface area contributed by atoms with E-state index in [-0.39, 0.29) is 58.7 Å². The van der Waals surface area contributed by atoms with Crippen LogP contribution in [0.15, 0.2) is 66.1 Å². The van der Waals surface area contributed by atoms with Crippen molar-refractivity contribution >= 4 is 45.6 Å². The molecule has 3 amide bonds. The predicted octanol–water partition coefficient (Wildman–Crippen LogP) is -5.23. The summed E-state index contributed by atoms with van der Waals surface area (Å²) in [4.78, 5) is 49.8. The molecule has 1 saturated heterocycles. The number of hydrogen-bond donors (Lipinski definition) is 2. The summed E-state index contributed by atoms with van der Waals surface area (Å²) < 4.78 is 37.0. The topological polar surface area (TPSA) is 194 Å². The molecular formula is C22H19N4NaO8S2. The molecule has 1 fully saturated rings. The van der Waals surface area contributed by atoms with E-state index in [9.17, 15) is 37.3 Å². The van der Waals surface area contributed by atoms with Gasteiger partial charge in [0.1, 0.15) is 21.5 Å². The summed E-state index contributed by atoms with van der Waals surface area (Å²) in [6.07, 6.45) is 3.07. The largest absolute Gasteiger partial charge is 1.00 e. The number of pyridine rings is 1. The van der Waals surface area contributed by atoms with E-state index in [0.29, 0.717) is 5.57 Å². The van der Waals surface area contributed by atoms with Gasteiger partial charge in [0.25, 0.3) is 5.91 Å². The van der Waals surface area contributed by atoms with E-state index in [1.54, 1.807) is 10.6 Å². The van der Waals surface area contributed by atoms with Gasteiger partial charge in [0.05, 0.1) is 17.2 Å². The first kappa shape index (κ1) is 28.8. The number of β-lactam (4-membered cyclic amide) rings is 1. The summed E-state index contributed by atoms with van der Waals surface area (Å²) in [7, 11) is -5.11. The summed E-state index contributed by atoms with van der Waals surface area (Å²) in [6.45, 7) is 0.0768. The Balaban J connectivity index is 0.00000380. The van der Waals surface area contributed by atoms with Gasteiger partial charge in [0.15, 0.2) is 24.2 Å². The molecule has 2 aliphatic heterocycles. The first-order chi connectivity index (χ1) is 17.0. The Morgan fingerprint density at radius 1 is 1.16 bits per heavy atom. The molecule has 3 heterocycles. The van der Waals surface area contributed by atoms with E-state index in [2.05, 4.69) is 5.32 Å². The van der Waals surface area contributed by atoms with Crippen LogP contribution < -0.4 is 50.3 Å². The number of nitrogens with one attached hydrogen (secondary N) is 1. The number of aromatic nitrogens is 1. The average Bonchev–Trinajstić information content (AvgIpc) is 2.82. The van der Waals surface area contributed by atoms with E-state index in [1.807, 2.05) is 0 Å². The third-order valence-corrected chi connectivity index (χ3v) is 8.12. The summed E-state index contributed by atoms with van der Waals surface area (Å²) >= 11 is 1.16. The number of carbonyl (C=O) groups is 4. The quantitative estimate of drug-likeness (QED) is 0.139. The van der Waals surface area contributed by atoms with E-state index in [1.165, 1.54) is 48.8 Å². The SMILES string of the molecule is NC(=O)c1cc[n+](CC2=C(C(=O)[O-])N3C(=O)[C@@H](NC(=O)C(c4ccccc4)S(=O)(=O)[O-])C3SC2)cc1.[Na+]. The molecule has 2 aromatic rings. The van der Waals surface area contributed by atoms with Gasteiger partial charge >= 0.3 is 29.6 Å². The second-order valence-corrected chi connectivity index (χ2v) is 10.6. The van der Waals surface area contributed by atoms with Crippen molar-refractivity contribution in [2.24, 2.45) is 5.73 Å². The monoisotopic (exact) mass is 554 g/mol. The van der Waals surface area contributed by atoms with Gasteiger partial charge in [-0.05, 0) is 5.56 Å². The van der Waals surface area contributed by atoms with E-state index >= 15 is 0 Å². The normalized spacial score (nSPS) is 19.7. The molecule has 37 heavy (non-hydrogen) atoms. The number of primary amides is 1. The Kier molecular flexibility index (Phi) is 8.82. The minimum atomic E-state index is -5.11. The number of carbonyl (C=O) groups excluding carboxylic acids is 4. The number of carboxylic acid groups (broad SMARTS) is 1. The van der Waals surface area contributed by atoms with Crippen LogP contribution in [-0.2, 0) is 31.0 Å². The van der Waals surface area contributed by atoms with Crippen molar-refractivity contribution in [1.82, 2.24) is 10.2 Å². The number of aliphatic carboxylic acids is 1. The molecule has 3 N–H and O–H groups in total. The second kappa shape index (κ2) is 11.3. The fourth-order valence-electron chi connectivity index (χ4n) is 4.05. The molecule has 188 valence electrons. The number of thioether (sulfide) groups is 1. The number of amides is 3. The van der Waals surface area contributed by atoms with Gasteiger partial charge < -0.3 is 25.5 Å². The van der Waals surface area contributed by atoms with Crippen LogP contribution in [0.2, 0.25) is 0 Å². The zero-order chi connectivity index (χ0) is 26.2. The number of fused-ring (bicyclic) bond motifs is 1. The van der Waals surface area contributed by atoms with Gasteiger partial charge in [-0.15, -0.1) is 11.8 Å². The van der Waals surface area contributed by atoms with Crippen molar-refractivity contribution < 1.29 is 71.4 Å². The Labute approximate surface area is 237 Å². The van der Waals surface area contributed by atoms with Gasteiger partial charge in [-0.25, -0.2) is 13.0 Å². The third kappa shape index (κ3) is 5.89. The van der Waals surface area contributed by atoms with Gasteiger partial charge in [-0.3, -0.25) is 19.3 Å². The molecule has 15 heteroatoms. The second-order valence-electron chi connectivity index (χ2n) is 8.04. The van der Waals surface area contributed by atoms with E-state index in [0.717, 1.165) is 16.7 Å². The molecule has 0 radical (unpaired) electrons. The Morgan fingerprint density at radius 2 is 1.78 bits per heavy atom. The van der Waals surface area contributed by atoms with Crippen molar-refractivity contribution in [3.05, 3.63) is 77.3 Å². The smallest absolute Gasteiger partial charge is 0.747 e. The third-order valence-electron chi connectivity index (χ3n) is 5.72. The Hall–Kier alpha value is -2.75. The molecule has 0 aliphatic carbocycles. The summed E-state index contributed by atoms with van der Waals surface area (Å²) in [5, 5.41) is 11.3. The van der Waals surface area contributed by atoms with Crippen molar-refractivity contribution in [1.29, 1.82) is 0 Å². The van der Waals surface area contributed by atoms with Crippen LogP contribution in [0.4, 0.5) is 0 Å². The molecule has 2 unspecified atom stereocenters. The van der Waals surface area contributed by atoms with Crippen LogP contribution in [0, 0.1) is 0 Å². The maximum absolute atomic E-state index is 12.9. The Morgan fingerprint density at radius 3 is 2.32 bits per heavy atom. The van der Waals surface area contributed by atoms with E-state index in [4.69, 9.17) is 5.73 Å². The maximum Gasteiger partial charge on any atom is 1.00 e. The molecule has 4 rings (SSSR count). The van der Waals surface area contributed by atoms with E-state index < -0.39 is 50.5 Å². The molecular weight excluding hydrogens is 535 g/mol. The first-order valence-electron chi connectivity index (χ1n) is 10.5. The standard InChI is InChI=1S/C22H20N4O8S2.Na/c23-18(27)13-6-8-25(9-7-13)10-14-11-35-21-15(20(29)26(21)16(14)22(30)31)24-19(28)17(36(32,33)34)12-4-2-1-3-5-12;/h1-9,15,17,21H,10-11H2,(H4-,23,24,27,28,30,31,32,33,34);/q;+1/p-1/t15-,17?,21?;/m1./s1. The molecule has 1 aromatic carbocycles. The summed E-state index contributed by atoms with van der Waals surface area (Å²) in [6, 6.07) is 8.83. The minimum Gasteiger partial charge on any atom is -0.747 e. The van der Waals surface area contributed by atoms with Crippen molar-refractivity contribution in [2.75, 3.05) is 5.75 Å². The molecule has 1 aromatic heterocycles. The number of rotatable bonds is 8. The summed E-state index contributed by atoms with van der Waals surface area (Å²) in [5.74, 6) is -4.00. The fraction of sp³-hybridized carbons (Fsp3) is 0.227. The van der Waals surface area contributed by atoms with Gasteiger partial charge in [0.2, 0.25) is 11.8 Å². The van der Waals surface area contributed by atoms with Crippen LogP contribution >= 0.6 is 11.8 Å². The number of carboxylic acids is 1. The Bertz CT molecular complexity index is 1380. The zero-order valence-corrected chi connectivity index (χ0v) is 23.0. The van der Waals surface area contributed by atoms with Crippen LogP contribution in [-0.4, -0.2) is 58.7 Å². The maximum atomic E-state index is 12.9. The van der Waals surface area contributed by atoms with Crippen molar-refractivity contribution in [2.45, 2.75) is 23.2 Å². The molecule has 3 atom stereocenters. The van der Waals surface area contributed by atoms with Gasteiger partial charge in [0, 0.05) is 23.5 Å². The van der Waals surface area contributed by atoms with Crippen LogP contribution in [0.5, 0.6) is 0 Å². The van der Waals surface area contributed by atoms with Crippen LogP contribution in [0.25, 0.3) is 0 Å². The number of nitrogens with two attached hydrogens (primary N) is 1. The van der Waals surface area contributed by atoms with Crippen molar-refractivity contribution in [3.63, 3.8) is 0 Å². The van der Waals surface area contributed by atoms with Crippen LogP contribution in [0.1, 0.15) is 21.2 Å². The molecule has 0 spiro atoms. The van der Waals surface area contributed by atoms with Crippen LogP contribution in [0.3, 0.4) is 0 Å². The number of hydrogen-bond acceptors (Lipinski definition) is 9. The number of benzene rings is 1. The average molecular weight is 555 g/mol. The predicted molar refractivity (Wildman–Crippen MR) is 121 cm³/mol. The minimum absolute atomic E-state index is 0. The molecule has 0 saturated carbocycles. The van der Waals surface area contributed by atoms with Crippen molar-refractivity contribution in [3.8, 4) is 0 Å². The van der Waals surface area contributed by atoms with Gasteiger partial charge in [-0.2, -0.15) is 0 Å². The first-order valence-corrected chi connectivity index (χ1v) is 13.0. The zero-order valence-electron chi connectivity index (χ0n) is 19.4. The number of nitrogens with zero attached hydrogens (tertiary/aromatic N) is 2. The molecule has 2 aliphatic rings. The summed E-state index contributed by atoms with van der Waals surface area (Å²) in [5.41, 5.74) is 5.44. The molecule has 0 bridgehead atoms.